The first-order valence-electron chi connectivity index (χ1n) is 3.83. The summed E-state index contributed by atoms with van der Waals surface area (Å²) in [4.78, 5) is 0. The Bertz CT molecular complexity index is 238. The zero-order valence-corrected chi connectivity index (χ0v) is 7.50. The normalized spacial score (nSPS) is 25.8. The lowest BCUT2D eigenvalue weighted by Crippen LogP contribution is -2.35. The SMILES string of the molecule is O=S1(=O)CCCN1CC(O)CO. The van der Waals surface area contributed by atoms with Gasteiger partial charge in [0.1, 0.15) is 0 Å². The van der Waals surface area contributed by atoms with E-state index in [1.165, 1.54) is 4.31 Å². The van der Waals surface area contributed by atoms with E-state index in [9.17, 15) is 8.42 Å². The van der Waals surface area contributed by atoms with E-state index in [0.29, 0.717) is 13.0 Å². The summed E-state index contributed by atoms with van der Waals surface area (Å²) < 4.78 is 23.5. The van der Waals surface area contributed by atoms with E-state index < -0.39 is 22.7 Å². The maximum absolute atomic E-state index is 11.1. The van der Waals surface area contributed by atoms with Crippen molar-refractivity contribution in [2.24, 2.45) is 0 Å². The second-order valence-corrected chi connectivity index (χ2v) is 4.95. The van der Waals surface area contributed by atoms with Crippen LogP contribution in [-0.2, 0) is 10.0 Å². The molecule has 1 saturated heterocycles. The van der Waals surface area contributed by atoms with Crippen LogP contribution in [-0.4, -0.2) is 54.5 Å². The first-order chi connectivity index (χ1) is 5.56. The minimum atomic E-state index is -3.13. The molecule has 1 rings (SSSR count). The maximum atomic E-state index is 11.1. The Kier molecular flexibility index (Phi) is 3.05. The molecule has 1 fully saturated rings. The highest BCUT2D eigenvalue weighted by Gasteiger charge is 2.29. The summed E-state index contributed by atoms with van der Waals surface area (Å²) >= 11 is 0. The van der Waals surface area contributed by atoms with Crippen LogP contribution in [0.25, 0.3) is 0 Å². The van der Waals surface area contributed by atoms with Gasteiger partial charge in [0.15, 0.2) is 0 Å². The lowest BCUT2D eigenvalue weighted by atomic mass is 10.3. The molecular weight excluding hydrogens is 182 g/mol. The number of sulfonamides is 1. The van der Waals surface area contributed by atoms with E-state index >= 15 is 0 Å². The van der Waals surface area contributed by atoms with Gasteiger partial charge in [-0.25, -0.2) is 8.42 Å². The molecule has 1 aliphatic heterocycles. The number of hydrogen-bond acceptors (Lipinski definition) is 4. The molecule has 0 spiro atoms. The molecule has 12 heavy (non-hydrogen) atoms. The number of aliphatic hydroxyl groups is 2. The van der Waals surface area contributed by atoms with Gasteiger partial charge in [-0.05, 0) is 6.42 Å². The average Bonchev–Trinajstić information content (AvgIpc) is 2.31. The molecule has 1 unspecified atom stereocenters. The third kappa shape index (κ3) is 2.16. The zero-order valence-electron chi connectivity index (χ0n) is 6.68. The number of hydrogen-bond donors (Lipinski definition) is 2. The fourth-order valence-electron chi connectivity index (χ4n) is 1.19. The molecule has 6 heteroatoms. The third-order valence-electron chi connectivity index (χ3n) is 1.83. The van der Waals surface area contributed by atoms with Crippen molar-refractivity contribution in [3.63, 3.8) is 0 Å². The van der Waals surface area contributed by atoms with Crippen molar-refractivity contribution in [3.8, 4) is 0 Å². The Morgan fingerprint density at radius 2 is 2.17 bits per heavy atom. The molecular formula is C6H13NO4S. The van der Waals surface area contributed by atoms with Crippen molar-refractivity contribution in [1.29, 1.82) is 0 Å². The van der Waals surface area contributed by atoms with Gasteiger partial charge in [0.05, 0.1) is 18.5 Å². The summed E-state index contributed by atoms with van der Waals surface area (Å²) in [6.45, 7) is 0.0737. The molecule has 0 aromatic heterocycles. The molecule has 1 atom stereocenters. The lowest BCUT2D eigenvalue weighted by Gasteiger charge is -2.16. The van der Waals surface area contributed by atoms with Crippen molar-refractivity contribution in [2.45, 2.75) is 12.5 Å². The van der Waals surface area contributed by atoms with Gasteiger partial charge in [-0.2, -0.15) is 4.31 Å². The van der Waals surface area contributed by atoms with Crippen LogP contribution in [0, 0.1) is 0 Å². The monoisotopic (exact) mass is 195 g/mol. The van der Waals surface area contributed by atoms with E-state index in [1.807, 2.05) is 0 Å². The fraction of sp³-hybridized carbons (Fsp3) is 1.00. The number of aliphatic hydroxyl groups excluding tert-OH is 2. The second-order valence-electron chi connectivity index (χ2n) is 2.86. The quantitative estimate of drug-likeness (QED) is 0.567. The topological polar surface area (TPSA) is 77.8 Å². The Labute approximate surface area is 71.7 Å². The Hall–Kier alpha value is -0.170. The number of nitrogens with zero attached hydrogens (tertiary/aromatic N) is 1. The van der Waals surface area contributed by atoms with Crippen LogP contribution in [0.4, 0.5) is 0 Å². The van der Waals surface area contributed by atoms with Gasteiger partial charge in [-0.15, -0.1) is 0 Å². The van der Waals surface area contributed by atoms with E-state index in [4.69, 9.17) is 10.2 Å². The van der Waals surface area contributed by atoms with Crippen LogP contribution >= 0.6 is 0 Å². The highest BCUT2D eigenvalue weighted by Crippen LogP contribution is 2.13. The Morgan fingerprint density at radius 3 is 2.58 bits per heavy atom. The van der Waals surface area contributed by atoms with E-state index in [1.54, 1.807) is 0 Å². The molecule has 0 aromatic rings. The minimum absolute atomic E-state index is 0.0127. The molecule has 0 aromatic carbocycles. The fourth-order valence-corrected chi connectivity index (χ4v) is 2.75. The summed E-state index contributed by atoms with van der Waals surface area (Å²) in [7, 11) is -3.13. The van der Waals surface area contributed by atoms with Crippen LogP contribution in [0.5, 0.6) is 0 Å². The van der Waals surface area contributed by atoms with Gasteiger partial charge in [0, 0.05) is 13.1 Å². The number of β-amino-alcohol motifs (C(OH)–C–C–N with tert-alkyl or cyclic N) is 1. The molecule has 2 N–H and O–H groups in total. The molecule has 0 saturated carbocycles. The third-order valence-corrected chi connectivity index (χ3v) is 3.75. The van der Waals surface area contributed by atoms with Crippen LogP contribution in [0.2, 0.25) is 0 Å². The van der Waals surface area contributed by atoms with Crippen LogP contribution in [0.1, 0.15) is 6.42 Å². The largest absolute Gasteiger partial charge is 0.394 e. The van der Waals surface area contributed by atoms with Crippen LogP contribution < -0.4 is 0 Å². The highest BCUT2D eigenvalue weighted by molar-refractivity contribution is 7.89. The van der Waals surface area contributed by atoms with Crippen molar-refractivity contribution in [3.05, 3.63) is 0 Å². The maximum Gasteiger partial charge on any atom is 0.214 e. The van der Waals surface area contributed by atoms with Gasteiger partial charge in [0.2, 0.25) is 10.0 Å². The zero-order chi connectivity index (χ0) is 9.19. The average molecular weight is 195 g/mol. The van der Waals surface area contributed by atoms with Crippen molar-refractivity contribution in [1.82, 2.24) is 4.31 Å². The van der Waals surface area contributed by atoms with E-state index in [-0.39, 0.29) is 12.3 Å². The Morgan fingerprint density at radius 1 is 1.50 bits per heavy atom. The van der Waals surface area contributed by atoms with Crippen LogP contribution in [0.15, 0.2) is 0 Å². The standard InChI is InChI=1S/C6H13NO4S/c8-5-6(9)4-7-2-1-3-12(7,10)11/h6,8-9H,1-5H2. The molecule has 1 heterocycles. The summed E-state index contributed by atoms with van der Waals surface area (Å²) in [5, 5.41) is 17.5. The summed E-state index contributed by atoms with van der Waals surface area (Å²) in [6, 6.07) is 0. The molecule has 0 bridgehead atoms. The molecule has 0 amide bonds. The van der Waals surface area contributed by atoms with Gasteiger partial charge >= 0.3 is 0 Å². The highest BCUT2D eigenvalue weighted by atomic mass is 32.2. The van der Waals surface area contributed by atoms with E-state index in [2.05, 4.69) is 0 Å². The van der Waals surface area contributed by atoms with Crippen molar-refractivity contribution >= 4 is 10.0 Å². The van der Waals surface area contributed by atoms with Gasteiger partial charge in [-0.1, -0.05) is 0 Å². The molecule has 0 radical (unpaired) electrons. The van der Waals surface area contributed by atoms with Crippen molar-refractivity contribution < 1.29 is 18.6 Å². The smallest absolute Gasteiger partial charge is 0.214 e. The summed E-state index contributed by atoms with van der Waals surface area (Å²) in [6.07, 6.45) is -0.349. The second kappa shape index (κ2) is 3.69. The lowest BCUT2D eigenvalue weighted by molar-refractivity contribution is 0.0802. The molecule has 5 nitrogen and oxygen atoms in total. The van der Waals surface area contributed by atoms with Gasteiger partial charge in [-0.3, -0.25) is 0 Å². The summed E-state index contributed by atoms with van der Waals surface area (Å²) in [5.74, 6) is 0.158. The Balaban J connectivity index is 2.53. The molecule has 0 aliphatic carbocycles. The minimum Gasteiger partial charge on any atom is -0.394 e. The van der Waals surface area contributed by atoms with Crippen molar-refractivity contribution in [2.75, 3.05) is 25.4 Å². The van der Waals surface area contributed by atoms with Crippen LogP contribution in [0.3, 0.4) is 0 Å². The van der Waals surface area contributed by atoms with Gasteiger partial charge in [0.25, 0.3) is 0 Å². The van der Waals surface area contributed by atoms with Gasteiger partial charge < -0.3 is 10.2 Å². The predicted octanol–water partition coefficient (Wildman–Crippen LogP) is -1.62. The first kappa shape index (κ1) is 9.91. The first-order valence-corrected chi connectivity index (χ1v) is 5.44. The predicted molar refractivity (Wildman–Crippen MR) is 43.1 cm³/mol. The molecule has 1 aliphatic rings. The summed E-state index contributed by atoms with van der Waals surface area (Å²) in [5.41, 5.74) is 0. The van der Waals surface area contributed by atoms with E-state index in [0.717, 1.165) is 0 Å². The molecule has 72 valence electrons. The number of rotatable bonds is 3.